The Labute approximate surface area is 172 Å². The number of benzene rings is 1. The van der Waals surface area contributed by atoms with E-state index in [0.29, 0.717) is 13.2 Å². The van der Waals surface area contributed by atoms with Crippen LogP contribution in [0.4, 0.5) is 5.69 Å². The molecule has 0 amide bonds. The van der Waals surface area contributed by atoms with Gasteiger partial charge in [-0.15, -0.1) is 0 Å². The number of anilines is 1. The van der Waals surface area contributed by atoms with Crippen molar-refractivity contribution in [2.24, 2.45) is 0 Å². The van der Waals surface area contributed by atoms with E-state index in [1.54, 1.807) is 0 Å². The van der Waals surface area contributed by atoms with E-state index >= 15 is 0 Å². The van der Waals surface area contributed by atoms with E-state index in [-0.39, 0.29) is 11.4 Å². The smallest absolute Gasteiger partial charge is 0.271 e. The fraction of sp³-hybridized carbons (Fsp3) is 0.565. The van der Waals surface area contributed by atoms with E-state index in [2.05, 4.69) is 22.3 Å². The van der Waals surface area contributed by atoms with Gasteiger partial charge in [-0.3, -0.25) is 14.5 Å². The fourth-order valence-corrected chi connectivity index (χ4v) is 3.84. The van der Waals surface area contributed by atoms with E-state index in [0.717, 1.165) is 18.7 Å². The molecule has 1 heterocycles. The van der Waals surface area contributed by atoms with Gasteiger partial charge in [0.2, 0.25) is 0 Å². The lowest BCUT2D eigenvalue weighted by Crippen LogP contribution is -2.35. The van der Waals surface area contributed by atoms with Crippen molar-refractivity contribution < 1.29 is 9.47 Å². The molecular weight excluding hydrogens is 368 g/mol. The van der Waals surface area contributed by atoms with Gasteiger partial charge >= 0.3 is 0 Å². The molecule has 3 rings (SSSR count). The zero-order valence-electron chi connectivity index (χ0n) is 17.4. The summed E-state index contributed by atoms with van der Waals surface area (Å²) in [5, 5.41) is 2.97. The summed E-state index contributed by atoms with van der Waals surface area (Å²) in [5.41, 5.74) is 0.506. The molecule has 29 heavy (non-hydrogen) atoms. The van der Waals surface area contributed by atoms with Gasteiger partial charge in [-0.2, -0.15) is 0 Å². The van der Waals surface area contributed by atoms with Crippen molar-refractivity contribution in [2.45, 2.75) is 51.5 Å². The van der Waals surface area contributed by atoms with Crippen LogP contribution in [0.15, 0.2) is 33.9 Å². The normalized spacial score (nSPS) is 16.0. The highest BCUT2D eigenvalue weighted by atomic mass is 16.5. The topological polar surface area (TPSA) is 67.9 Å². The van der Waals surface area contributed by atoms with Crippen LogP contribution in [0.2, 0.25) is 0 Å². The highest BCUT2D eigenvalue weighted by molar-refractivity contribution is 5.61. The lowest BCUT2D eigenvalue weighted by Gasteiger charge is -2.22. The van der Waals surface area contributed by atoms with Gasteiger partial charge in [0.15, 0.2) is 5.75 Å². The quantitative estimate of drug-likeness (QED) is 0.514. The fourth-order valence-electron chi connectivity index (χ4n) is 3.84. The minimum absolute atomic E-state index is 0.128. The Morgan fingerprint density at radius 3 is 2.45 bits per heavy atom. The molecule has 0 atom stereocenters. The average Bonchev–Trinajstić information content (AvgIpc) is 2.86. The van der Waals surface area contributed by atoms with Gasteiger partial charge in [-0.1, -0.05) is 37.8 Å². The first-order chi connectivity index (χ1) is 14.2. The van der Waals surface area contributed by atoms with Gasteiger partial charge in [0.1, 0.15) is 11.4 Å². The molecule has 0 spiro atoms. The van der Waals surface area contributed by atoms with Gasteiger partial charge < -0.3 is 14.8 Å². The summed E-state index contributed by atoms with van der Waals surface area (Å²) < 4.78 is 10.8. The Hall–Kier alpha value is -2.34. The summed E-state index contributed by atoms with van der Waals surface area (Å²) in [4.78, 5) is 25.4. The minimum atomic E-state index is -0.557. The molecule has 1 N–H and O–H groups in total. The van der Waals surface area contributed by atoms with Crippen LogP contribution in [-0.4, -0.2) is 38.3 Å². The second kappa shape index (κ2) is 11.0. The highest BCUT2D eigenvalue weighted by Gasteiger charge is 2.20. The lowest BCUT2D eigenvalue weighted by molar-refractivity contribution is 0.259. The Morgan fingerprint density at radius 2 is 1.72 bits per heavy atom. The Balaban J connectivity index is 1.41. The van der Waals surface area contributed by atoms with E-state index in [1.165, 1.54) is 64.3 Å². The number of nitrogens with one attached hydrogen (secondary N) is 1. The molecule has 6 nitrogen and oxygen atoms in total. The predicted octanol–water partition coefficient (Wildman–Crippen LogP) is 3.33. The van der Waals surface area contributed by atoms with E-state index in [9.17, 15) is 9.59 Å². The molecule has 1 saturated heterocycles. The highest BCUT2D eigenvalue weighted by Crippen LogP contribution is 2.18. The van der Waals surface area contributed by atoms with Crippen LogP contribution in [-0.2, 0) is 6.54 Å². The standard InChI is InChI=1S/C23H32N2O4/c1-28-23-20(21(26)22(23)27)24-12-9-15-29-19-11-8-10-18(16-19)17-25-13-6-4-2-3-5-7-14-25/h8,10-11,16,24H,2-7,9,12-15,17H2,1H3. The third-order valence-electron chi connectivity index (χ3n) is 5.47. The van der Waals surface area contributed by atoms with E-state index in [4.69, 9.17) is 9.47 Å². The molecule has 0 bridgehead atoms. The minimum Gasteiger partial charge on any atom is -0.494 e. The predicted molar refractivity (Wildman–Crippen MR) is 116 cm³/mol. The molecule has 1 aliphatic rings. The van der Waals surface area contributed by atoms with Crippen LogP contribution in [0, 0.1) is 0 Å². The molecular formula is C23H32N2O4. The van der Waals surface area contributed by atoms with E-state index in [1.807, 2.05) is 12.1 Å². The van der Waals surface area contributed by atoms with Crippen LogP contribution in [0.3, 0.4) is 0 Å². The summed E-state index contributed by atoms with van der Waals surface area (Å²) in [6, 6.07) is 8.32. The zero-order chi connectivity index (χ0) is 20.5. The van der Waals surface area contributed by atoms with Gasteiger partial charge in [0.25, 0.3) is 10.9 Å². The second-order valence-corrected chi connectivity index (χ2v) is 7.74. The number of hydrogen-bond acceptors (Lipinski definition) is 6. The number of nitrogens with zero attached hydrogens (tertiary/aromatic N) is 1. The molecule has 2 aromatic rings. The van der Waals surface area contributed by atoms with Crippen LogP contribution in [0.5, 0.6) is 11.5 Å². The van der Waals surface area contributed by atoms with Gasteiger partial charge in [0.05, 0.1) is 13.7 Å². The van der Waals surface area contributed by atoms with Crippen LogP contribution in [0.25, 0.3) is 0 Å². The Morgan fingerprint density at radius 1 is 1.00 bits per heavy atom. The van der Waals surface area contributed by atoms with Crippen molar-refractivity contribution in [3.8, 4) is 11.5 Å². The van der Waals surface area contributed by atoms with Crippen molar-refractivity contribution >= 4 is 5.69 Å². The lowest BCUT2D eigenvalue weighted by atomic mass is 10.1. The SMILES string of the molecule is COc1c(NCCCOc2cccc(CN3CCCCCCCC3)c2)c(=O)c1=O. The first-order valence-electron chi connectivity index (χ1n) is 10.7. The second-order valence-electron chi connectivity index (χ2n) is 7.74. The molecule has 2 aromatic carbocycles. The van der Waals surface area contributed by atoms with Crippen molar-refractivity contribution in [3.05, 3.63) is 50.3 Å². The molecule has 0 aromatic heterocycles. The summed E-state index contributed by atoms with van der Waals surface area (Å²) in [5.74, 6) is 1.00. The molecule has 0 aliphatic carbocycles. The summed E-state index contributed by atoms with van der Waals surface area (Å²) in [6.07, 6.45) is 8.74. The molecule has 158 valence electrons. The van der Waals surface area contributed by atoms with Crippen LogP contribution < -0.4 is 25.6 Å². The Kier molecular flexibility index (Phi) is 8.11. The van der Waals surface area contributed by atoms with Gasteiger partial charge in [-0.25, -0.2) is 0 Å². The van der Waals surface area contributed by atoms with Crippen LogP contribution >= 0.6 is 0 Å². The van der Waals surface area contributed by atoms with Gasteiger partial charge in [0, 0.05) is 13.1 Å². The largest absolute Gasteiger partial charge is 0.494 e. The van der Waals surface area contributed by atoms with Crippen molar-refractivity contribution in [2.75, 3.05) is 38.7 Å². The molecule has 0 unspecified atom stereocenters. The van der Waals surface area contributed by atoms with Crippen molar-refractivity contribution in [1.82, 2.24) is 4.90 Å². The van der Waals surface area contributed by atoms with E-state index < -0.39 is 10.9 Å². The van der Waals surface area contributed by atoms with Gasteiger partial charge in [-0.05, 0) is 50.0 Å². The summed E-state index contributed by atoms with van der Waals surface area (Å²) in [6.45, 7) is 4.42. The molecule has 6 heteroatoms. The monoisotopic (exact) mass is 400 g/mol. The number of methoxy groups -OCH3 is 1. The molecule has 1 aliphatic heterocycles. The molecule has 0 saturated carbocycles. The molecule has 1 fully saturated rings. The third kappa shape index (κ3) is 6.07. The number of ether oxygens (including phenoxy) is 2. The third-order valence-corrected chi connectivity index (χ3v) is 5.47. The van der Waals surface area contributed by atoms with Crippen molar-refractivity contribution in [3.63, 3.8) is 0 Å². The zero-order valence-corrected chi connectivity index (χ0v) is 17.4. The molecule has 0 radical (unpaired) electrons. The average molecular weight is 401 g/mol. The van der Waals surface area contributed by atoms with Crippen LogP contribution in [0.1, 0.15) is 50.5 Å². The van der Waals surface area contributed by atoms with Crippen molar-refractivity contribution in [1.29, 1.82) is 0 Å². The maximum Gasteiger partial charge on any atom is 0.271 e. The number of hydrogen-bond donors (Lipinski definition) is 1. The Bertz CT molecular complexity index is 832. The first kappa shape index (κ1) is 21.4. The summed E-state index contributed by atoms with van der Waals surface area (Å²) >= 11 is 0. The number of rotatable bonds is 9. The maximum absolute atomic E-state index is 11.5. The first-order valence-corrected chi connectivity index (χ1v) is 10.7. The summed E-state index contributed by atoms with van der Waals surface area (Å²) in [7, 11) is 1.40. The maximum atomic E-state index is 11.5.